The largest absolute Gasteiger partial charge is 0.392 e. The minimum atomic E-state index is -4.25. The highest BCUT2D eigenvalue weighted by Gasteiger charge is 2.40. The van der Waals surface area contributed by atoms with Crippen LogP contribution in [0.4, 0.5) is 13.2 Å². The van der Waals surface area contributed by atoms with Crippen molar-refractivity contribution in [1.82, 2.24) is 0 Å². The zero-order valence-corrected chi connectivity index (χ0v) is 11.7. The summed E-state index contributed by atoms with van der Waals surface area (Å²) in [6, 6.07) is 7.27. The predicted molar refractivity (Wildman–Crippen MR) is 70.1 cm³/mol. The fraction of sp³-hybridized carbons (Fsp3) is 0.600. The van der Waals surface area contributed by atoms with Gasteiger partial charge in [0.15, 0.2) is 0 Å². The third-order valence-corrected chi connectivity index (χ3v) is 3.34. The van der Waals surface area contributed by atoms with Crippen LogP contribution in [0, 0.1) is 0 Å². The molecular formula is C15H21F3O. The smallest absolute Gasteiger partial charge is 0.373 e. The number of hydrogen-bond acceptors (Lipinski definition) is 1. The standard InChI is InChI=1S/C15H21F3O/c1-4-5-7-12-8-6-9-13(10-12)14(2,19-3)11-15(16,17)18/h6,8-10H,4-5,7,11H2,1-3H3. The molecule has 0 aliphatic carbocycles. The van der Waals surface area contributed by atoms with Crippen LogP contribution < -0.4 is 0 Å². The minimum absolute atomic E-state index is 0.584. The van der Waals surface area contributed by atoms with Crippen molar-refractivity contribution in [2.45, 2.75) is 51.3 Å². The van der Waals surface area contributed by atoms with Gasteiger partial charge in [-0.2, -0.15) is 13.2 Å². The van der Waals surface area contributed by atoms with Gasteiger partial charge in [-0.05, 0) is 30.9 Å². The minimum Gasteiger partial charge on any atom is -0.373 e. The summed E-state index contributed by atoms with van der Waals surface area (Å²) in [5.74, 6) is 0. The highest BCUT2D eigenvalue weighted by Crippen LogP contribution is 2.37. The van der Waals surface area contributed by atoms with Crippen molar-refractivity contribution < 1.29 is 17.9 Å². The van der Waals surface area contributed by atoms with E-state index in [0.29, 0.717) is 5.56 Å². The molecule has 19 heavy (non-hydrogen) atoms. The summed E-state index contributed by atoms with van der Waals surface area (Å²) in [5, 5.41) is 0. The molecule has 0 saturated heterocycles. The van der Waals surface area contributed by atoms with Crippen LogP contribution in [0.15, 0.2) is 24.3 Å². The molecule has 0 fully saturated rings. The van der Waals surface area contributed by atoms with Crippen LogP contribution in [0.5, 0.6) is 0 Å². The summed E-state index contributed by atoms with van der Waals surface area (Å²) < 4.78 is 43.1. The van der Waals surface area contributed by atoms with Crippen LogP contribution in [0.1, 0.15) is 44.2 Å². The predicted octanol–water partition coefficient (Wildman–Crippen LogP) is 4.84. The Hall–Kier alpha value is -1.03. The van der Waals surface area contributed by atoms with Crippen molar-refractivity contribution in [3.05, 3.63) is 35.4 Å². The topological polar surface area (TPSA) is 9.23 Å². The van der Waals surface area contributed by atoms with Gasteiger partial charge in [0.2, 0.25) is 0 Å². The maximum Gasteiger partial charge on any atom is 0.392 e. The Labute approximate surface area is 112 Å². The molecule has 108 valence electrons. The van der Waals surface area contributed by atoms with Crippen LogP contribution in [-0.2, 0) is 16.8 Å². The second kappa shape index (κ2) is 6.42. The van der Waals surface area contributed by atoms with E-state index < -0.39 is 18.2 Å². The fourth-order valence-electron chi connectivity index (χ4n) is 2.11. The van der Waals surface area contributed by atoms with Crippen molar-refractivity contribution in [2.75, 3.05) is 7.11 Å². The third kappa shape index (κ3) is 4.86. The maximum atomic E-state index is 12.6. The van der Waals surface area contributed by atoms with Crippen LogP contribution in [0.2, 0.25) is 0 Å². The van der Waals surface area contributed by atoms with Crippen LogP contribution in [-0.4, -0.2) is 13.3 Å². The summed E-state index contributed by atoms with van der Waals surface area (Å²) >= 11 is 0. The lowest BCUT2D eigenvalue weighted by atomic mass is 9.90. The molecule has 0 bridgehead atoms. The molecule has 1 nitrogen and oxygen atoms in total. The first-order valence-corrected chi connectivity index (χ1v) is 6.52. The van der Waals surface area contributed by atoms with E-state index >= 15 is 0 Å². The number of unbranched alkanes of at least 4 members (excludes halogenated alkanes) is 1. The summed E-state index contributed by atoms with van der Waals surface area (Å²) in [7, 11) is 1.32. The molecule has 0 heterocycles. The Bertz CT molecular complexity index is 401. The monoisotopic (exact) mass is 274 g/mol. The first-order chi connectivity index (χ1) is 8.80. The molecule has 1 rings (SSSR count). The number of methoxy groups -OCH3 is 1. The summed E-state index contributed by atoms with van der Waals surface area (Å²) in [6.07, 6.45) is -2.24. The van der Waals surface area contributed by atoms with Crippen molar-refractivity contribution in [3.8, 4) is 0 Å². The number of alkyl halides is 3. The second-order valence-electron chi connectivity index (χ2n) is 5.03. The number of rotatable bonds is 6. The van der Waals surface area contributed by atoms with Gasteiger partial charge in [-0.3, -0.25) is 0 Å². The zero-order chi connectivity index (χ0) is 14.5. The molecule has 1 aromatic carbocycles. The van der Waals surface area contributed by atoms with E-state index in [9.17, 15) is 13.2 Å². The van der Waals surface area contributed by atoms with Gasteiger partial charge < -0.3 is 4.74 Å². The molecule has 0 saturated carbocycles. The molecule has 1 aromatic rings. The molecule has 4 heteroatoms. The first kappa shape index (κ1) is 16.0. The molecule has 0 amide bonds. The number of benzene rings is 1. The summed E-state index contributed by atoms with van der Waals surface area (Å²) in [4.78, 5) is 0. The SMILES string of the molecule is CCCCc1cccc(C(C)(CC(F)(F)F)OC)c1. The fourth-order valence-corrected chi connectivity index (χ4v) is 2.11. The van der Waals surface area contributed by atoms with Crippen LogP contribution in [0.25, 0.3) is 0 Å². The number of ether oxygens (including phenoxy) is 1. The van der Waals surface area contributed by atoms with Gasteiger partial charge in [0.1, 0.15) is 0 Å². The number of halogens is 3. The van der Waals surface area contributed by atoms with Crippen LogP contribution in [0.3, 0.4) is 0 Å². The Morgan fingerprint density at radius 1 is 1.21 bits per heavy atom. The third-order valence-electron chi connectivity index (χ3n) is 3.34. The van der Waals surface area contributed by atoms with Gasteiger partial charge in [0, 0.05) is 7.11 Å². The average Bonchev–Trinajstić information content (AvgIpc) is 2.34. The molecule has 0 aromatic heterocycles. The molecular weight excluding hydrogens is 253 g/mol. The Morgan fingerprint density at radius 2 is 1.89 bits per heavy atom. The first-order valence-electron chi connectivity index (χ1n) is 6.52. The van der Waals surface area contributed by atoms with Gasteiger partial charge in [-0.1, -0.05) is 37.6 Å². The second-order valence-corrected chi connectivity index (χ2v) is 5.03. The molecule has 1 unspecified atom stereocenters. The van der Waals surface area contributed by atoms with Crippen LogP contribution >= 0.6 is 0 Å². The van der Waals surface area contributed by atoms with E-state index in [-0.39, 0.29) is 0 Å². The maximum absolute atomic E-state index is 12.6. The molecule has 0 radical (unpaired) electrons. The molecule has 1 atom stereocenters. The summed E-state index contributed by atoms with van der Waals surface area (Å²) in [6.45, 7) is 3.58. The molecule has 0 spiro atoms. The number of aryl methyl sites for hydroxylation is 1. The Balaban J connectivity index is 2.97. The van der Waals surface area contributed by atoms with E-state index in [0.717, 1.165) is 24.8 Å². The van der Waals surface area contributed by atoms with Gasteiger partial charge in [0.25, 0.3) is 0 Å². The van der Waals surface area contributed by atoms with Crippen molar-refractivity contribution >= 4 is 0 Å². The van der Waals surface area contributed by atoms with Gasteiger partial charge in [0.05, 0.1) is 12.0 Å². The molecule has 0 aliphatic heterocycles. The quantitative estimate of drug-likeness (QED) is 0.721. The van der Waals surface area contributed by atoms with E-state index in [1.54, 1.807) is 12.1 Å². The average molecular weight is 274 g/mol. The highest BCUT2D eigenvalue weighted by molar-refractivity contribution is 5.28. The lowest BCUT2D eigenvalue weighted by Gasteiger charge is -2.30. The highest BCUT2D eigenvalue weighted by atomic mass is 19.4. The molecule has 0 aliphatic rings. The summed E-state index contributed by atoms with van der Waals surface area (Å²) in [5.41, 5.74) is 0.325. The van der Waals surface area contributed by atoms with Crippen molar-refractivity contribution in [1.29, 1.82) is 0 Å². The van der Waals surface area contributed by atoms with Crippen molar-refractivity contribution in [2.24, 2.45) is 0 Å². The molecule has 0 N–H and O–H groups in total. The lowest BCUT2D eigenvalue weighted by Crippen LogP contribution is -2.31. The lowest BCUT2D eigenvalue weighted by molar-refractivity contribution is -0.181. The Kier molecular flexibility index (Phi) is 5.41. The normalized spacial score (nSPS) is 15.3. The Morgan fingerprint density at radius 3 is 2.42 bits per heavy atom. The van der Waals surface area contributed by atoms with E-state index in [1.165, 1.54) is 14.0 Å². The van der Waals surface area contributed by atoms with Gasteiger partial charge >= 0.3 is 6.18 Å². The van der Waals surface area contributed by atoms with Crippen molar-refractivity contribution in [3.63, 3.8) is 0 Å². The van der Waals surface area contributed by atoms with E-state index in [1.807, 2.05) is 12.1 Å². The van der Waals surface area contributed by atoms with E-state index in [2.05, 4.69) is 6.92 Å². The zero-order valence-electron chi connectivity index (χ0n) is 11.7. The number of hydrogen-bond donors (Lipinski definition) is 0. The van der Waals surface area contributed by atoms with Gasteiger partial charge in [-0.25, -0.2) is 0 Å². The van der Waals surface area contributed by atoms with E-state index in [4.69, 9.17) is 4.74 Å². The van der Waals surface area contributed by atoms with Gasteiger partial charge in [-0.15, -0.1) is 0 Å².